The highest BCUT2D eigenvalue weighted by Crippen LogP contribution is 2.32. The Morgan fingerprint density at radius 1 is 1.21 bits per heavy atom. The van der Waals surface area contributed by atoms with Gasteiger partial charge in [-0.1, -0.05) is 23.5 Å². The maximum absolute atomic E-state index is 13.6. The summed E-state index contributed by atoms with van der Waals surface area (Å²) in [5.41, 5.74) is 0.921. The van der Waals surface area contributed by atoms with Crippen molar-refractivity contribution in [2.45, 2.75) is 0 Å². The van der Waals surface area contributed by atoms with Crippen LogP contribution in [0.15, 0.2) is 65.1 Å². The van der Waals surface area contributed by atoms with Gasteiger partial charge in [0.1, 0.15) is 11.6 Å². The number of carbonyl (C=O) groups excluding carboxylic acids is 1. The zero-order chi connectivity index (χ0) is 19.5. The molecule has 0 aliphatic heterocycles. The molecular formula is C20H14FN3O2S2. The van der Waals surface area contributed by atoms with E-state index in [0.29, 0.717) is 10.9 Å². The van der Waals surface area contributed by atoms with Crippen molar-refractivity contribution >= 4 is 50.1 Å². The molecule has 0 atom stereocenters. The fraction of sp³-hybridized carbons (Fsp3) is 0.0500. The van der Waals surface area contributed by atoms with Crippen molar-refractivity contribution in [3.8, 4) is 5.75 Å². The summed E-state index contributed by atoms with van der Waals surface area (Å²) in [6.45, 7) is 0. The number of aromatic nitrogens is 1. The Morgan fingerprint density at radius 2 is 2.11 bits per heavy atom. The van der Waals surface area contributed by atoms with E-state index in [9.17, 15) is 9.18 Å². The molecule has 0 bridgehead atoms. The number of methoxy groups -OCH3 is 1. The van der Waals surface area contributed by atoms with Crippen LogP contribution in [0.3, 0.4) is 0 Å². The molecule has 0 saturated carbocycles. The number of rotatable bonds is 5. The first-order chi connectivity index (χ1) is 13.6. The standard InChI is InChI=1S/C20H14FN3O2S2/c1-26-15-7-8-17-18(11-15)28-20(23-17)24(22-12-16-6-3-9-27-16)19(25)13-4-2-5-14(21)10-13/h2-12H,1H3/b22-12+. The van der Waals surface area contributed by atoms with Gasteiger partial charge in [0.05, 0.1) is 23.5 Å². The van der Waals surface area contributed by atoms with Crippen molar-refractivity contribution in [2.75, 3.05) is 12.1 Å². The summed E-state index contributed by atoms with van der Waals surface area (Å²) >= 11 is 2.81. The van der Waals surface area contributed by atoms with Gasteiger partial charge >= 0.3 is 0 Å². The molecule has 2 aromatic carbocycles. The number of halogens is 1. The topological polar surface area (TPSA) is 54.8 Å². The molecule has 4 rings (SSSR count). The van der Waals surface area contributed by atoms with E-state index in [-0.39, 0.29) is 5.56 Å². The largest absolute Gasteiger partial charge is 0.497 e. The summed E-state index contributed by atoms with van der Waals surface area (Å²) in [5.74, 6) is -0.242. The summed E-state index contributed by atoms with van der Waals surface area (Å²) in [5, 5.41) is 7.86. The predicted molar refractivity (Wildman–Crippen MR) is 111 cm³/mol. The summed E-state index contributed by atoms with van der Waals surface area (Å²) in [4.78, 5) is 18.5. The first-order valence-corrected chi connectivity index (χ1v) is 9.96. The molecule has 0 aliphatic rings. The van der Waals surface area contributed by atoms with Crippen LogP contribution >= 0.6 is 22.7 Å². The second kappa shape index (κ2) is 7.87. The smallest absolute Gasteiger partial charge is 0.280 e. The van der Waals surface area contributed by atoms with Gasteiger partial charge in [-0.05, 0) is 47.8 Å². The van der Waals surface area contributed by atoms with Crippen LogP contribution in [0.25, 0.3) is 10.2 Å². The molecule has 4 aromatic rings. The molecule has 0 N–H and O–H groups in total. The molecule has 2 aromatic heterocycles. The van der Waals surface area contributed by atoms with E-state index in [4.69, 9.17) is 4.74 Å². The molecule has 0 saturated heterocycles. The number of thiazole rings is 1. The maximum Gasteiger partial charge on any atom is 0.280 e. The van der Waals surface area contributed by atoms with Crippen LogP contribution in [-0.2, 0) is 0 Å². The number of carbonyl (C=O) groups is 1. The fourth-order valence-electron chi connectivity index (χ4n) is 2.52. The highest BCUT2D eigenvalue weighted by molar-refractivity contribution is 7.22. The van der Waals surface area contributed by atoms with Crippen molar-refractivity contribution in [2.24, 2.45) is 5.10 Å². The Hall–Kier alpha value is -3.10. The zero-order valence-corrected chi connectivity index (χ0v) is 16.3. The van der Waals surface area contributed by atoms with Crippen molar-refractivity contribution in [3.63, 3.8) is 0 Å². The molecule has 0 unspecified atom stereocenters. The lowest BCUT2D eigenvalue weighted by molar-refractivity contribution is 0.0987. The molecule has 0 fully saturated rings. The predicted octanol–water partition coefficient (Wildman–Crippen LogP) is 5.19. The quantitative estimate of drug-likeness (QED) is 0.336. The van der Waals surface area contributed by atoms with E-state index in [1.807, 2.05) is 29.6 Å². The number of nitrogens with zero attached hydrogens (tertiary/aromatic N) is 3. The average molecular weight is 411 g/mol. The summed E-state index contributed by atoms with van der Waals surface area (Å²) < 4.78 is 19.7. The highest BCUT2D eigenvalue weighted by Gasteiger charge is 2.21. The maximum atomic E-state index is 13.6. The molecular weight excluding hydrogens is 397 g/mol. The number of thiophene rings is 1. The Kier molecular flexibility index (Phi) is 5.14. The second-order valence-electron chi connectivity index (χ2n) is 5.72. The van der Waals surface area contributed by atoms with Gasteiger partial charge in [-0.15, -0.1) is 11.3 Å². The number of amides is 1. The molecule has 0 spiro atoms. The number of hydrogen-bond donors (Lipinski definition) is 0. The van der Waals surface area contributed by atoms with Crippen LogP contribution in [0.2, 0.25) is 0 Å². The van der Waals surface area contributed by atoms with Gasteiger partial charge in [-0.25, -0.2) is 9.37 Å². The third kappa shape index (κ3) is 3.78. The lowest BCUT2D eigenvalue weighted by Gasteiger charge is -2.13. The lowest BCUT2D eigenvalue weighted by Crippen LogP contribution is -2.25. The molecule has 140 valence electrons. The fourth-order valence-corrected chi connectivity index (χ4v) is 4.05. The van der Waals surface area contributed by atoms with E-state index >= 15 is 0 Å². The van der Waals surface area contributed by atoms with Gasteiger partial charge in [0.2, 0.25) is 5.13 Å². The van der Waals surface area contributed by atoms with E-state index in [1.165, 1.54) is 45.9 Å². The molecule has 0 radical (unpaired) electrons. The Balaban J connectivity index is 1.77. The van der Waals surface area contributed by atoms with Crippen LogP contribution in [0.5, 0.6) is 5.75 Å². The monoisotopic (exact) mass is 411 g/mol. The summed E-state index contributed by atoms with van der Waals surface area (Å²) in [6.07, 6.45) is 1.59. The normalized spacial score (nSPS) is 11.2. The average Bonchev–Trinajstić information content (AvgIpc) is 3.37. The van der Waals surface area contributed by atoms with Gasteiger partial charge < -0.3 is 4.74 Å². The minimum atomic E-state index is -0.484. The van der Waals surface area contributed by atoms with E-state index < -0.39 is 11.7 Å². The van der Waals surface area contributed by atoms with Gasteiger partial charge in [-0.2, -0.15) is 10.1 Å². The Bertz CT molecular complexity index is 1160. The molecule has 0 aliphatic carbocycles. The van der Waals surface area contributed by atoms with E-state index in [0.717, 1.165) is 15.1 Å². The lowest BCUT2D eigenvalue weighted by atomic mass is 10.2. The first kappa shape index (κ1) is 18.3. The molecule has 8 heteroatoms. The Morgan fingerprint density at radius 3 is 2.86 bits per heavy atom. The van der Waals surface area contributed by atoms with E-state index in [1.54, 1.807) is 25.5 Å². The van der Waals surface area contributed by atoms with Gasteiger partial charge in [0, 0.05) is 10.4 Å². The SMILES string of the molecule is COc1ccc2nc(N(/N=C/c3cccs3)C(=O)c3cccc(F)c3)sc2c1. The number of hydrazone groups is 1. The third-order valence-corrected chi connectivity index (χ3v) is 5.67. The molecule has 2 heterocycles. The third-order valence-electron chi connectivity index (χ3n) is 3.87. The molecule has 5 nitrogen and oxygen atoms in total. The molecule has 1 amide bonds. The highest BCUT2D eigenvalue weighted by atomic mass is 32.1. The summed E-state index contributed by atoms with van der Waals surface area (Å²) in [7, 11) is 1.59. The van der Waals surface area contributed by atoms with E-state index in [2.05, 4.69) is 10.1 Å². The number of anilines is 1. The number of fused-ring (bicyclic) bond motifs is 1. The van der Waals surface area contributed by atoms with Crippen molar-refractivity contribution in [1.29, 1.82) is 0 Å². The number of benzene rings is 2. The number of hydrogen-bond acceptors (Lipinski definition) is 6. The van der Waals surface area contributed by atoms with Crippen LogP contribution in [0.1, 0.15) is 15.2 Å². The van der Waals surface area contributed by atoms with Crippen LogP contribution in [0.4, 0.5) is 9.52 Å². The van der Waals surface area contributed by atoms with Gasteiger partial charge in [-0.3, -0.25) is 4.79 Å². The van der Waals surface area contributed by atoms with Crippen LogP contribution < -0.4 is 9.75 Å². The second-order valence-corrected chi connectivity index (χ2v) is 7.71. The Labute approximate surface area is 168 Å². The van der Waals surface area contributed by atoms with Crippen molar-refractivity contribution < 1.29 is 13.9 Å². The molecule has 28 heavy (non-hydrogen) atoms. The first-order valence-electron chi connectivity index (χ1n) is 8.26. The minimum absolute atomic E-state index is 0.195. The van der Waals surface area contributed by atoms with Crippen LogP contribution in [0, 0.1) is 5.82 Å². The zero-order valence-electron chi connectivity index (χ0n) is 14.7. The van der Waals surface area contributed by atoms with Crippen LogP contribution in [-0.4, -0.2) is 24.2 Å². The summed E-state index contributed by atoms with van der Waals surface area (Å²) in [6, 6.07) is 14.8. The van der Waals surface area contributed by atoms with Crippen molar-refractivity contribution in [1.82, 2.24) is 4.98 Å². The minimum Gasteiger partial charge on any atom is -0.497 e. The number of ether oxygens (including phenoxy) is 1. The van der Waals surface area contributed by atoms with Crippen molar-refractivity contribution in [3.05, 3.63) is 76.2 Å². The van der Waals surface area contributed by atoms with Gasteiger partial charge in [0.15, 0.2) is 0 Å². The van der Waals surface area contributed by atoms with Gasteiger partial charge in [0.25, 0.3) is 5.91 Å².